The van der Waals surface area contributed by atoms with E-state index in [0.29, 0.717) is 16.6 Å². The number of halogens is 1. The highest BCUT2D eigenvalue weighted by molar-refractivity contribution is 9.10. The number of nitrogens with one attached hydrogen (secondary N) is 1. The molecular weight excluding hydrogens is 458 g/mol. The first-order chi connectivity index (χ1) is 14.9. The zero-order valence-electron chi connectivity index (χ0n) is 16.8. The maximum absolute atomic E-state index is 13.2. The normalized spacial score (nSPS) is 10.9. The summed E-state index contributed by atoms with van der Waals surface area (Å²) in [5.74, 6) is -0.352. The van der Waals surface area contributed by atoms with E-state index in [4.69, 9.17) is 0 Å². The monoisotopic (exact) mass is 477 g/mol. The molecule has 0 fully saturated rings. The van der Waals surface area contributed by atoms with Crippen LogP contribution in [0.5, 0.6) is 0 Å². The van der Waals surface area contributed by atoms with E-state index in [1.54, 1.807) is 36.4 Å². The first-order valence-electron chi connectivity index (χ1n) is 9.76. The van der Waals surface area contributed by atoms with Gasteiger partial charge >= 0.3 is 5.69 Å². The van der Waals surface area contributed by atoms with Crippen molar-refractivity contribution in [2.45, 2.75) is 20.0 Å². The fraction of sp³-hybridized carbons (Fsp3) is 0.125. The van der Waals surface area contributed by atoms with Crippen molar-refractivity contribution in [3.05, 3.63) is 109 Å². The van der Waals surface area contributed by atoms with Crippen molar-refractivity contribution >= 4 is 38.4 Å². The topological polar surface area (TPSA) is 73.1 Å². The molecule has 6 nitrogen and oxygen atoms in total. The van der Waals surface area contributed by atoms with Crippen LogP contribution < -0.4 is 16.6 Å². The quantitative estimate of drug-likeness (QED) is 0.473. The van der Waals surface area contributed by atoms with Crippen molar-refractivity contribution in [2.24, 2.45) is 0 Å². The van der Waals surface area contributed by atoms with E-state index in [-0.39, 0.29) is 24.6 Å². The number of hydrogen-bond donors (Lipinski definition) is 1. The minimum Gasteiger partial charge on any atom is -0.325 e. The van der Waals surface area contributed by atoms with Gasteiger partial charge in [-0.2, -0.15) is 0 Å². The van der Waals surface area contributed by atoms with E-state index < -0.39 is 5.69 Å². The number of nitrogens with zero attached hydrogens (tertiary/aromatic N) is 2. The molecule has 31 heavy (non-hydrogen) atoms. The highest BCUT2D eigenvalue weighted by Crippen LogP contribution is 2.14. The lowest BCUT2D eigenvalue weighted by Crippen LogP contribution is -2.42. The lowest BCUT2D eigenvalue weighted by atomic mass is 10.1. The van der Waals surface area contributed by atoms with Gasteiger partial charge in [0.05, 0.1) is 17.4 Å². The molecule has 0 aliphatic carbocycles. The minimum atomic E-state index is -0.518. The number of hydrogen-bond acceptors (Lipinski definition) is 3. The van der Waals surface area contributed by atoms with Crippen molar-refractivity contribution < 1.29 is 4.79 Å². The molecule has 4 rings (SSSR count). The molecular formula is C24H20BrN3O3. The lowest BCUT2D eigenvalue weighted by molar-refractivity contribution is -0.116. The number of amides is 1. The number of carbonyl (C=O) groups excluding carboxylic acids is 1. The summed E-state index contributed by atoms with van der Waals surface area (Å²) in [5.41, 5.74) is 2.10. The van der Waals surface area contributed by atoms with E-state index in [2.05, 4.69) is 21.2 Å². The van der Waals surface area contributed by atoms with E-state index in [0.717, 1.165) is 15.6 Å². The molecule has 0 radical (unpaired) electrons. The number of para-hydroxylation sites is 1. The van der Waals surface area contributed by atoms with Gasteiger partial charge < -0.3 is 5.32 Å². The van der Waals surface area contributed by atoms with Crippen LogP contribution in [-0.4, -0.2) is 15.0 Å². The molecule has 0 atom stereocenters. The van der Waals surface area contributed by atoms with Crippen molar-refractivity contribution in [1.29, 1.82) is 0 Å². The van der Waals surface area contributed by atoms with Crippen LogP contribution in [0, 0.1) is 6.92 Å². The van der Waals surface area contributed by atoms with E-state index in [1.165, 1.54) is 9.13 Å². The number of fused-ring (bicyclic) bond motifs is 1. The molecule has 0 aliphatic rings. The first kappa shape index (κ1) is 20.8. The summed E-state index contributed by atoms with van der Waals surface area (Å²) in [4.78, 5) is 39.0. The van der Waals surface area contributed by atoms with Crippen LogP contribution in [0.25, 0.3) is 10.9 Å². The molecule has 156 valence electrons. The molecule has 0 aliphatic heterocycles. The number of rotatable bonds is 5. The Bertz CT molecular complexity index is 1370. The van der Waals surface area contributed by atoms with E-state index in [1.807, 2.05) is 43.3 Å². The average Bonchev–Trinajstić information content (AvgIpc) is 2.77. The molecule has 0 spiro atoms. The molecule has 3 aromatic carbocycles. The van der Waals surface area contributed by atoms with Crippen LogP contribution in [0.15, 0.2) is 86.9 Å². The van der Waals surface area contributed by atoms with Crippen molar-refractivity contribution in [3.8, 4) is 0 Å². The van der Waals surface area contributed by atoms with Gasteiger partial charge in [-0.15, -0.1) is 0 Å². The highest BCUT2D eigenvalue weighted by Gasteiger charge is 2.15. The number of anilines is 1. The minimum absolute atomic E-state index is 0.136. The Labute approximate surface area is 186 Å². The summed E-state index contributed by atoms with van der Waals surface area (Å²) in [5, 5.41) is 3.19. The maximum atomic E-state index is 13.2. The summed E-state index contributed by atoms with van der Waals surface area (Å²) < 4.78 is 3.43. The first-order valence-corrected chi connectivity index (χ1v) is 10.5. The smallest absolute Gasteiger partial charge is 0.325 e. The standard InChI is InChI=1S/C24H20BrN3O3/c1-16-6-8-17(9-7-16)14-28-23(30)20-4-2-3-5-21(20)27(24(28)31)15-22(29)26-19-12-10-18(25)11-13-19/h2-13H,14-15H2,1H3,(H,26,29). The zero-order chi connectivity index (χ0) is 22.0. The predicted octanol–water partition coefficient (Wildman–Crippen LogP) is 3.92. The van der Waals surface area contributed by atoms with Gasteiger partial charge in [-0.3, -0.25) is 18.7 Å². The number of aryl methyl sites for hydroxylation is 1. The molecule has 7 heteroatoms. The number of carbonyl (C=O) groups is 1. The summed E-state index contributed by atoms with van der Waals surface area (Å²) in [6.07, 6.45) is 0. The third-order valence-corrected chi connectivity index (χ3v) is 5.55. The fourth-order valence-corrected chi connectivity index (χ4v) is 3.68. The lowest BCUT2D eigenvalue weighted by Gasteiger charge is -2.14. The Kier molecular flexibility index (Phi) is 5.86. The molecule has 0 bridgehead atoms. The number of benzene rings is 3. The molecule has 0 saturated heterocycles. The van der Waals surface area contributed by atoms with Gasteiger partial charge in [0.15, 0.2) is 0 Å². The molecule has 0 unspecified atom stereocenters. The van der Waals surface area contributed by atoms with Crippen LogP contribution in [-0.2, 0) is 17.9 Å². The van der Waals surface area contributed by atoms with Gasteiger partial charge in [0.1, 0.15) is 6.54 Å². The molecule has 1 N–H and O–H groups in total. The second-order valence-electron chi connectivity index (χ2n) is 7.32. The summed E-state index contributed by atoms with van der Waals surface area (Å²) in [6, 6.07) is 21.7. The molecule has 1 amide bonds. The van der Waals surface area contributed by atoms with Gasteiger partial charge in [0.2, 0.25) is 5.91 Å². The van der Waals surface area contributed by atoms with Gasteiger partial charge in [0.25, 0.3) is 5.56 Å². The fourth-order valence-electron chi connectivity index (χ4n) is 3.42. The second kappa shape index (κ2) is 8.73. The van der Waals surface area contributed by atoms with Crippen LogP contribution >= 0.6 is 15.9 Å². The molecule has 0 saturated carbocycles. The summed E-state index contributed by atoms with van der Waals surface area (Å²) in [7, 11) is 0. The molecule has 1 aromatic heterocycles. The Morgan fingerprint density at radius 2 is 1.58 bits per heavy atom. The maximum Gasteiger partial charge on any atom is 0.332 e. The average molecular weight is 478 g/mol. The van der Waals surface area contributed by atoms with Crippen LogP contribution in [0.1, 0.15) is 11.1 Å². The van der Waals surface area contributed by atoms with Crippen molar-refractivity contribution in [2.75, 3.05) is 5.32 Å². The van der Waals surface area contributed by atoms with Gasteiger partial charge in [-0.1, -0.05) is 57.9 Å². The third-order valence-electron chi connectivity index (χ3n) is 5.02. The van der Waals surface area contributed by atoms with Gasteiger partial charge in [0, 0.05) is 10.2 Å². The van der Waals surface area contributed by atoms with Crippen LogP contribution in [0.2, 0.25) is 0 Å². The third kappa shape index (κ3) is 4.51. The van der Waals surface area contributed by atoms with E-state index in [9.17, 15) is 14.4 Å². The van der Waals surface area contributed by atoms with E-state index >= 15 is 0 Å². The van der Waals surface area contributed by atoms with Crippen molar-refractivity contribution in [3.63, 3.8) is 0 Å². The molecule has 4 aromatic rings. The highest BCUT2D eigenvalue weighted by atomic mass is 79.9. The zero-order valence-corrected chi connectivity index (χ0v) is 18.4. The summed E-state index contributed by atoms with van der Waals surface area (Å²) >= 11 is 3.36. The molecule has 1 heterocycles. The summed E-state index contributed by atoms with van der Waals surface area (Å²) in [6.45, 7) is 1.91. The van der Waals surface area contributed by atoms with Gasteiger partial charge in [-0.25, -0.2) is 4.79 Å². The van der Waals surface area contributed by atoms with Crippen LogP contribution in [0.3, 0.4) is 0 Å². The second-order valence-corrected chi connectivity index (χ2v) is 8.23. The van der Waals surface area contributed by atoms with Gasteiger partial charge in [-0.05, 0) is 48.9 Å². The Morgan fingerprint density at radius 1 is 0.903 bits per heavy atom. The largest absolute Gasteiger partial charge is 0.332 e. The predicted molar refractivity (Wildman–Crippen MR) is 126 cm³/mol. The van der Waals surface area contributed by atoms with Crippen molar-refractivity contribution in [1.82, 2.24) is 9.13 Å². The Morgan fingerprint density at radius 3 is 2.29 bits per heavy atom. The SMILES string of the molecule is Cc1ccc(Cn2c(=O)c3ccccc3n(CC(=O)Nc3ccc(Br)cc3)c2=O)cc1. The van der Waals surface area contributed by atoms with Crippen LogP contribution in [0.4, 0.5) is 5.69 Å². The Hall–Kier alpha value is -3.45. The Balaban J connectivity index is 1.74. The number of aromatic nitrogens is 2.